The van der Waals surface area contributed by atoms with Crippen molar-refractivity contribution >= 4 is 17.8 Å². The average molecular weight is 482 g/mol. The van der Waals surface area contributed by atoms with Crippen molar-refractivity contribution in [3.8, 4) is 17.2 Å². The second-order valence-electron chi connectivity index (χ2n) is 9.58. The lowest BCUT2D eigenvalue weighted by Gasteiger charge is -2.42. The molecule has 1 saturated heterocycles. The van der Waals surface area contributed by atoms with Gasteiger partial charge in [-0.25, -0.2) is 4.98 Å². The zero-order valence-corrected chi connectivity index (χ0v) is 19.3. The molecule has 2 aromatic heterocycles. The molecule has 0 spiro atoms. The van der Waals surface area contributed by atoms with Crippen LogP contribution in [0.15, 0.2) is 31.0 Å². The molecule has 2 aliphatic carbocycles. The third-order valence-electron chi connectivity index (χ3n) is 6.97. The first-order valence-corrected chi connectivity index (χ1v) is 11.9. The van der Waals surface area contributed by atoms with E-state index in [1.807, 2.05) is 23.1 Å². The molecule has 9 heteroatoms. The maximum absolute atomic E-state index is 12.9. The number of carbonyl (C=O) groups excluding carboxylic acids is 1. The Labute approximate surface area is 202 Å². The molecule has 0 radical (unpaired) electrons. The third kappa shape index (κ3) is 5.02. The number of amides is 1. The maximum Gasteiger partial charge on any atom is 0.397 e. The highest BCUT2D eigenvalue weighted by atomic mass is 19.4. The summed E-state index contributed by atoms with van der Waals surface area (Å²) in [7, 11) is 0. The first kappa shape index (κ1) is 23.3. The normalized spacial score (nSPS) is 20.5. The third-order valence-corrected chi connectivity index (χ3v) is 6.97. The number of alkyl halides is 3. The van der Waals surface area contributed by atoms with Gasteiger partial charge in [-0.2, -0.15) is 18.4 Å². The van der Waals surface area contributed by atoms with E-state index in [9.17, 15) is 23.2 Å². The zero-order chi connectivity index (χ0) is 24.7. The number of pyridine rings is 2. The van der Waals surface area contributed by atoms with Crippen LogP contribution < -0.4 is 4.90 Å². The van der Waals surface area contributed by atoms with E-state index in [0.717, 1.165) is 48.2 Å². The van der Waals surface area contributed by atoms with Gasteiger partial charge >= 0.3 is 6.18 Å². The van der Waals surface area contributed by atoms with Crippen LogP contribution in [0.2, 0.25) is 0 Å². The van der Waals surface area contributed by atoms with E-state index in [0.29, 0.717) is 30.4 Å². The minimum Gasteiger partial charge on any atom is -0.352 e. The van der Waals surface area contributed by atoms with E-state index < -0.39 is 18.5 Å². The molecule has 0 aromatic carbocycles. The number of rotatable bonds is 6. The Morgan fingerprint density at radius 1 is 1.23 bits per heavy atom. The van der Waals surface area contributed by atoms with Gasteiger partial charge in [0, 0.05) is 37.3 Å². The van der Waals surface area contributed by atoms with Gasteiger partial charge in [0.05, 0.1) is 23.0 Å². The van der Waals surface area contributed by atoms with Gasteiger partial charge in [0.2, 0.25) is 5.91 Å². The van der Waals surface area contributed by atoms with E-state index in [1.165, 1.54) is 4.90 Å². The number of carbonyl (C=O) groups is 1. The Morgan fingerprint density at radius 3 is 2.63 bits per heavy atom. The fraction of sp³-hybridized carbons (Fsp3) is 0.462. The fourth-order valence-corrected chi connectivity index (χ4v) is 4.94. The summed E-state index contributed by atoms with van der Waals surface area (Å²) in [6.45, 7) is 4.70. The summed E-state index contributed by atoms with van der Waals surface area (Å²) in [6, 6.07) is 7.66. The molecule has 2 aromatic rings. The zero-order valence-electron chi connectivity index (χ0n) is 19.3. The van der Waals surface area contributed by atoms with Crippen LogP contribution in [0.1, 0.15) is 55.0 Å². The van der Waals surface area contributed by atoms with Crippen LogP contribution in [0.5, 0.6) is 0 Å². The monoisotopic (exact) mass is 481 g/mol. The highest BCUT2D eigenvalue weighted by Crippen LogP contribution is 2.45. The van der Waals surface area contributed by atoms with Crippen LogP contribution in [0, 0.1) is 17.2 Å². The van der Waals surface area contributed by atoms with Crippen molar-refractivity contribution in [2.24, 2.45) is 5.92 Å². The molecule has 3 fully saturated rings. The van der Waals surface area contributed by atoms with Gasteiger partial charge in [-0.15, -0.1) is 0 Å². The molecule has 5 rings (SSSR count). The number of hydrogen-bond donors (Lipinski definition) is 0. The van der Waals surface area contributed by atoms with E-state index in [1.54, 1.807) is 12.3 Å². The lowest BCUT2D eigenvalue weighted by Crippen LogP contribution is -2.57. The van der Waals surface area contributed by atoms with Gasteiger partial charge in [0.1, 0.15) is 18.3 Å². The van der Waals surface area contributed by atoms with E-state index in [-0.39, 0.29) is 18.5 Å². The Hall–Kier alpha value is -3.41. The number of halogens is 3. The molecule has 0 N–H and O–H groups in total. The van der Waals surface area contributed by atoms with Crippen molar-refractivity contribution in [3.05, 3.63) is 47.9 Å². The molecule has 1 amide bonds. The quantitative estimate of drug-likeness (QED) is 0.586. The van der Waals surface area contributed by atoms with Crippen LogP contribution in [-0.4, -0.2) is 52.6 Å². The van der Waals surface area contributed by atoms with Crippen LogP contribution in [-0.2, 0) is 4.79 Å². The summed E-state index contributed by atoms with van der Waals surface area (Å²) >= 11 is 0. The predicted molar refractivity (Wildman–Crippen MR) is 125 cm³/mol. The minimum absolute atomic E-state index is 0.191. The van der Waals surface area contributed by atoms with Gasteiger partial charge in [-0.1, -0.05) is 6.58 Å². The van der Waals surface area contributed by atoms with Gasteiger partial charge in [0.15, 0.2) is 0 Å². The van der Waals surface area contributed by atoms with Crippen molar-refractivity contribution in [1.82, 2.24) is 14.9 Å². The Bertz CT molecular complexity index is 1200. The highest BCUT2D eigenvalue weighted by Gasteiger charge is 2.44. The summed E-state index contributed by atoms with van der Waals surface area (Å²) in [5.41, 5.74) is 3.91. The number of hydrogen-bond acceptors (Lipinski definition) is 5. The second kappa shape index (κ2) is 8.99. The van der Waals surface area contributed by atoms with Gasteiger partial charge in [-0.05, 0) is 61.4 Å². The molecule has 182 valence electrons. The second-order valence-corrected chi connectivity index (χ2v) is 9.58. The average Bonchev–Trinajstić information content (AvgIpc) is 3.75. The molecule has 3 aliphatic rings. The van der Waals surface area contributed by atoms with E-state index >= 15 is 0 Å². The predicted octanol–water partition coefficient (Wildman–Crippen LogP) is 4.92. The van der Waals surface area contributed by atoms with Gasteiger partial charge in [0.25, 0.3) is 0 Å². The number of aromatic nitrogens is 2. The molecule has 0 unspecified atom stereocenters. The van der Waals surface area contributed by atoms with Crippen molar-refractivity contribution in [2.45, 2.75) is 50.2 Å². The molecule has 0 bridgehead atoms. The fourth-order valence-electron chi connectivity index (χ4n) is 4.94. The minimum atomic E-state index is -4.52. The van der Waals surface area contributed by atoms with Gasteiger partial charge in [-0.3, -0.25) is 9.78 Å². The summed E-state index contributed by atoms with van der Waals surface area (Å²) in [4.78, 5) is 25.1. The SMILES string of the molecule is C=Cc1cc(-c2cc(C#N)c(N3CCN(C(=O)CC(F)(F)F)[C@H](C4CC4)C3)nc2C2CC2)ccn1. The van der Waals surface area contributed by atoms with E-state index in [4.69, 9.17) is 4.98 Å². The molecule has 35 heavy (non-hydrogen) atoms. The van der Waals surface area contributed by atoms with Crippen LogP contribution in [0.3, 0.4) is 0 Å². The van der Waals surface area contributed by atoms with Crippen LogP contribution in [0.4, 0.5) is 19.0 Å². The van der Waals surface area contributed by atoms with Crippen LogP contribution >= 0.6 is 0 Å². The van der Waals surface area contributed by atoms with Gasteiger partial charge < -0.3 is 9.80 Å². The van der Waals surface area contributed by atoms with Crippen LogP contribution in [0.25, 0.3) is 17.2 Å². The molecule has 1 aliphatic heterocycles. The molecule has 6 nitrogen and oxygen atoms in total. The Morgan fingerprint density at radius 2 is 2.00 bits per heavy atom. The molecule has 2 saturated carbocycles. The largest absolute Gasteiger partial charge is 0.397 e. The Balaban J connectivity index is 1.47. The van der Waals surface area contributed by atoms with Crippen molar-refractivity contribution in [1.29, 1.82) is 5.26 Å². The topological polar surface area (TPSA) is 73.1 Å². The van der Waals surface area contributed by atoms with Crippen molar-refractivity contribution in [2.75, 3.05) is 24.5 Å². The summed E-state index contributed by atoms with van der Waals surface area (Å²) in [5, 5.41) is 9.99. The molecule has 3 heterocycles. The Kier molecular flexibility index (Phi) is 5.99. The lowest BCUT2D eigenvalue weighted by atomic mass is 9.98. The first-order valence-electron chi connectivity index (χ1n) is 11.9. The number of nitrogens with zero attached hydrogens (tertiary/aromatic N) is 5. The molecule has 1 atom stereocenters. The number of nitriles is 1. The highest BCUT2D eigenvalue weighted by molar-refractivity contribution is 5.78. The van der Waals surface area contributed by atoms with Crippen molar-refractivity contribution < 1.29 is 18.0 Å². The van der Waals surface area contributed by atoms with Crippen molar-refractivity contribution in [3.63, 3.8) is 0 Å². The number of piperazine rings is 1. The smallest absolute Gasteiger partial charge is 0.352 e. The van der Waals surface area contributed by atoms with E-state index in [2.05, 4.69) is 17.6 Å². The summed E-state index contributed by atoms with van der Waals surface area (Å²) in [6.07, 6.45) is 1.26. The molecular weight excluding hydrogens is 455 g/mol. The maximum atomic E-state index is 12.9. The lowest BCUT2D eigenvalue weighted by molar-refractivity contribution is -0.163. The summed E-state index contributed by atoms with van der Waals surface area (Å²) in [5.74, 6) is 0.194. The standard InChI is InChI=1S/C26H26F3N5O/c1-2-20-11-18(7-8-31-20)21-12-19(14-30)25(32-24(21)17-5-6-17)33-9-10-34(22(15-33)16-3-4-16)23(35)13-26(27,28)29/h2,7-8,11-12,16-17,22H,1,3-6,9-10,13,15H2/t22-/m0/s1. The first-order chi connectivity index (χ1) is 16.8. The molecular formula is C26H26F3N5O. The summed E-state index contributed by atoms with van der Waals surface area (Å²) < 4.78 is 38.6. The number of anilines is 1.